The van der Waals surface area contributed by atoms with Gasteiger partial charge in [-0.1, -0.05) is 29.9 Å². The molecule has 0 saturated carbocycles. The second-order valence-electron chi connectivity index (χ2n) is 4.03. The van der Waals surface area contributed by atoms with Crippen molar-refractivity contribution in [1.82, 2.24) is 9.97 Å². The second kappa shape index (κ2) is 5.99. The first-order valence-electron chi connectivity index (χ1n) is 5.51. The Balaban J connectivity index is 2.14. The lowest BCUT2D eigenvalue weighted by atomic mass is 10.2. The van der Waals surface area contributed by atoms with E-state index in [2.05, 4.69) is 57.1 Å². The van der Waals surface area contributed by atoms with E-state index in [1.54, 1.807) is 11.8 Å². The number of H-pyrrole nitrogens is 1. The third-order valence-corrected chi connectivity index (χ3v) is 4.98. The number of benzene rings is 1. The Kier molecular flexibility index (Phi) is 4.59. The third-order valence-electron chi connectivity index (χ3n) is 2.45. The maximum Gasteiger partial charge on any atom is 0.144 e. The molecule has 1 heterocycles. The van der Waals surface area contributed by atoms with Crippen molar-refractivity contribution >= 4 is 39.9 Å². The molecule has 0 fully saturated rings. The van der Waals surface area contributed by atoms with Crippen LogP contribution in [0.4, 0.5) is 0 Å². The predicted octanol–water partition coefficient (Wildman–Crippen LogP) is 4.81. The third kappa shape index (κ3) is 3.43. The lowest BCUT2D eigenvalue weighted by molar-refractivity contribution is 0.973. The SMILES string of the molecule is Cc1cccc(SCc2nc(=S)c(Br)c(C)[nH]2)c1. The summed E-state index contributed by atoms with van der Waals surface area (Å²) in [6.45, 7) is 4.09. The van der Waals surface area contributed by atoms with Crippen LogP contribution in [0.2, 0.25) is 0 Å². The summed E-state index contributed by atoms with van der Waals surface area (Å²) in [5, 5.41) is 0. The molecular weight excluding hydrogens is 328 g/mol. The first-order chi connectivity index (χ1) is 8.56. The highest BCUT2D eigenvalue weighted by Crippen LogP contribution is 2.23. The van der Waals surface area contributed by atoms with Gasteiger partial charge in [-0.3, -0.25) is 0 Å². The molecule has 0 aliphatic carbocycles. The Morgan fingerprint density at radius 3 is 2.83 bits per heavy atom. The number of aromatic nitrogens is 2. The average Bonchev–Trinajstić information content (AvgIpc) is 2.33. The van der Waals surface area contributed by atoms with E-state index >= 15 is 0 Å². The summed E-state index contributed by atoms with van der Waals surface area (Å²) in [6.07, 6.45) is 0. The van der Waals surface area contributed by atoms with Crippen molar-refractivity contribution in [3.05, 3.63) is 50.5 Å². The highest BCUT2D eigenvalue weighted by Gasteiger charge is 2.03. The fraction of sp³-hybridized carbons (Fsp3) is 0.231. The number of nitrogens with zero attached hydrogens (tertiary/aromatic N) is 1. The molecule has 1 N–H and O–H groups in total. The summed E-state index contributed by atoms with van der Waals surface area (Å²) in [5.41, 5.74) is 2.29. The summed E-state index contributed by atoms with van der Waals surface area (Å²) >= 11 is 10.4. The maximum absolute atomic E-state index is 5.19. The molecule has 94 valence electrons. The molecule has 0 aliphatic rings. The summed E-state index contributed by atoms with van der Waals surface area (Å²) in [4.78, 5) is 8.87. The topological polar surface area (TPSA) is 28.7 Å². The Morgan fingerprint density at radius 1 is 1.39 bits per heavy atom. The van der Waals surface area contributed by atoms with E-state index in [-0.39, 0.29) is 0 Å². The van der Waals surface area contributed by atoms with Crippen molar-refractivity contribution in [2.75, 3.05) is 0 Å². The Labute approximate surface area is 124 Å². The standard InChI is InChI=1S/C13H13BrN2S2/c1-8-4-3-5-10(6-8)18-7-11-15-9(2)12(14)13(17)16-11/h3-6H,7H2,1-2H3,(H,15,16,17). The van der Waals surface area contributed by atoms with E-state index in [0.717, 1.165) is 21.7 Å². The number of halogens is 1. The van der Waals surface area contributed by atoms with Gasteiger partial charge in [-0.2, -0.15) is 0 Å². The zero-order valence-electron chi connectivity index (χ0n) is 10.2. The molecule has 1 aromatic heterocycles. The summed E-state index contributed by atoms with van der Waals surface area (Å²) in [6, 6.07) is 8.45. The van der Waals surface area contributed by atoms with E-state index in [1.165, 1.54) is 10.5 Å². The smallest absolute Gasteiger partial charge is 0.144 e. The number of rotatable bonds is 3. The van der Waals surface area contributed by atoms with Crippen molar-refractivity contribution in [2.24, 2.45) is 0 Å². The van der Waals surface area contributed by atoms with Gasteiger partial charge in [0.2, 0.25) is 0 Å². The van der Waals surface area contributed by atoms with Gasteiger partial charge in [-0.05, 0) is 41.9 Å². The molecule has 0 radical (unpaired) electrons. The second-order valence-corrected chi connectivity index (χ2v) is 6.26. The molecule has 2 rings (SSSR count). The van der Waals surface area contributed by atoms with Crippen molar-refractivity contribution in [3.8, 4) is 0 Å². The lowest BCUT2D eigenvalue weighted by Gasteiger charge is -2.05. The molecule has 2 nitrogen and oxygen atoms in total. The van der Waals surface area contributed by atoms with Crippen LogP contribution in [0.3, 0.4) is 0 Å². The first kappa shape index (κ1) is 13.8. The highest BCUT2D eigenvalue weighted by atomic mass is 79.9. The lowest BCUT2D eigenvalue weighted by Crippen LogP contribution is -1.97. The van der Waals surface area contributed by atoms with Crippen molar-refractivity contribution < 1.29 is 0 Å². The first-order valence-corrected chi connectivity index (χ1v) is 7.69. The van der Waals surface area contributed by atoms with E-state index < -0.39 is 0 Å². The Bertz CT molecular complexity index is 623. The molecule has 0 aliphatic heterocycles. The fourth-order valence-electron chi connectivity index (χ4n) is 1.56. The van der Waals surface area contributed by atoms with Crippen LogP contribution < -0.4 is 0 Å². The summed E-state index contributed by atoms with van der Waals surface area (Å²) in [5.74, 6) is 1.70. The number of nitrogens with one attached hydrogen (secondary N) is 1. The van der Waals surface area contributed by atoms with Gasteiger partial charge >= 0.3 is 0 Å². The van der Waals surface area contributed by atoms with E-state index in [0.29, 0.717) is 4.64 Å². The molecule has 0 amide bonds. The molecule has 0 saturated heterocycles. The van der Waals surface area contributed by atoms with Gasteiger partial charge in [-0.25, -0.2) is 4.98 Å². The van der Waals surface area contributed by atoms with Gasteiger partial charge in [-0.15, -0.1) is 11.8 Å². The number of thioether (sulfide) groups is 1. The molecular formula is C13H13BrN2S2. The van der Waals surface area contributed by atoms with Crippen LogP contribution in [-0.4, -0.2) is 9.97 Å². The van der Waals surface area contributed by atoms with Crippen molar-refractivity contribution in [1.29, 1.82) is 0 Å². The largest absolute Gasteiger partial charge is 0.346 e. The van der Waals surface area contributed by atoms with Gasteiger partial charge < -0.3 is 4.98 Å². The van der Waals surface area contributed by atoms with E-state index in [4.69, 9.17) is 12.2 Å². The van der Waals surface area contributed by atoms with Crippen LogP contribution in [0.15, 0.2) is 33.6 Å². The number of aromatic amines is 1. The monoisotopic (exact) mass is 340 g/mol. The minimum atomic E-state index is 0.617. The molecule has 18 heavy (non-hydrogen) atoms. The number of hydrogen-bond acceptors (Lipinski definition) is 3. The molecule has 2 aromatic rings. The quantitative estimate of drug-likeness (QED) is 0.641. The normalized spacial score (nSPS) is 10.6. The molecule has 0 bridgehead atoms. The average molecular weight is 341 g/mol. The zero-order chi connectivity index (χ0) is 13.1. The zero-order valence-corrected chi connectivity index (χ0v) is 13.4. The van der Waals surface area contributed by atoms with Crippen molar-refractivity contribution in [2.45, 2.75) is 24.5 Å². The van der Waals surface area contributed by atoms with Crippen LogP contribution in [-0.2, 0) is 5.75 Å². The molecule has 0 unspecified atom stereocenters. The van der Waals surface area contributed by atoms with E-state index in [9.17, 15) is 0 Å². The minimum absolute atomic E-state index is 0.617. The fourth-order valence-corrected chi connectivity index (χ4v) is 2.89. The number of hydrogen-bond donors (Lipinski definition) is 1. The summed E-state index contributed by atoms with van der Waals surface area (Å²) < 4.78 is 1.49. The highest BCUT2D eigenvalue weighted by molar-refractivity contribution is 9.10. The number of aryl methyl sites for hydroxylation is 2. The minimum Gasteiger partial charge on any atom is -0.346 e. The Morgan fingerprint density at radius 2 is 2.17 bits per heavy atom. The van der Waals surface area contributed by atoms with Crippen LogP contribution in [0.5, 0.6) is 0 Å². The molecule has 0 spiro atoms. The van der Waals surface area contributed by atoms with Gasteiger partial charge in [0.1, 0.15) is 10.5 Å². The Hall–Kier alpha value is -0.650. The summed E-state index contributed by atoms with van der Waals surface area (Å²) in [7, 11) is 0. The van der Waals surface area contributed by atoms with Gasteiger partial charge in [0, 0.05) is 10.6 Å². The van der Waals surface area contributed by atoms with Gasteiger partial charge in [0.25, 0.3) is 0 Å². The van der Waals surface area contributed by atoms with E-state index in [1.807, 2.05) is 6.92 Å². The van der Waals surface area contributed by atoms with Crippen LogP contribution >= 0.6 is 39.9 Å². The molecule has 0 atom stereocenters. The van der Waals surface area contributed by atoms with Crippen LogP contribution in [0, 0.1) is 18.5 Å². The van der Waals surface area contributed by atoms with Crippen LogP contribution in [0.25, 0.3) is 0 Å². The van der Waals surface area contributed by atoms with Crippen LogP contribution in [0.1, 0.15) is 17.1 Å². The van der Waals surface area contributed by atoms with Gasteiger partial charge in [0.05, 0.1) is 10.2 Å². The molecule has 5 heteroatoms. The predicted molar refractivity (Wildman–Crippen MR) is 82.6 cm³/mol. The van der Waals surface area contributed by atoms with Crippen molar-refractivity contribution in [3.63, 3.8) is 0 Å². The van der Waals surface area contributed by atoms with Gasteiger partial charge in [0.15, 0.2) is 0 Å². The maximum atomic E-state index is 5.19. The molecule has 1 aromatic carbocycles.